The minimum absolute atomic E-state index is 0.415. The predicted octanol–water partition coefficient (Wildman–Crippen LogP) is 0.712. The lowest BCUT2D eigenvalue weighted by atomic mass is 9.98. The molecule has 1 saturated carbocycles. The maximum Gasteiger partial charge on any atom is 0.208 e. The summed E-state index contributed by atoms with van der Waals surface area (Å²) in [7, 11) is 0. The molecule has 0 spiro atoms. The number of nitrogens with two attached hydrogens (primary N) is 1. The lowest BCUT2D eigenvalue weighted by Gasteiger charge is -2.16. The molecule has 3 rings (SSSR count). The average molecular weight is 210 g/mol. The normalized spacial score (nSPS) is 36.4. The first-order valence-corrected chi connectivity index (χ1v) is 5.99. The molecule has 4 nitrogen and oxygen atoms in total. The van der Waals surface area contributed by atoms with Gasteiger partial charge in [0.25, 0.3) is 0 Å². The van der Waals surface area contributed by atoms with Crippen LogP contribution in [0.1, 0.15) is 12.8 Å². The summed E-state index contributed by atoms with van der Waals surface area (Å²) in [4.78, 5) is 2.34. The Bertz CT molecular complexity index is 313. The summed E-state index contributed by atoms with van der Waals surface area (Å²) in [6.07, 6.45) is 2.50. The third-order valence-corrected chi connectivity index (χ3v) is 4.28. The number of nitrogens with zero attached hydrogens (tertiary/aromatic N) is 3. The topological polar surface area (TPSA) is 55.0 Å². The van der Waals surface area contributed by atoms with E-state index >= 15 is 0 Å². The molecular weight excluding hydrogens is 196 g/mol. The van der Waals surface area contributed by atoms with Crippen LogP contribution in [-0.4, -0.2) is 29.3 Å². The van der Waals surface area contributed by atoms with Gasteiger partial charge in [0.1, 0.15) is 5.51 Å². The van der Waals surface area contributed by atoms with Crippen LogP contribution < -0.4 is 10.6 Å². The zero-order valence-corrected chi connectivity index (χ0v) is 8.78. The van der Waals surface area contributed by atoms with Crippen molar-refractivity contribution in [3.8, 4) is 0 Å². The maximum atomic E-state index is 6.08. The lowest BCUT2D eigenvalue weighted by Crippen LogP contribution is -2.30. The van der Waals surface area contributed by atoms with Gasteiger partial charge in [0, 0.05) is 19.1 Å². The first kappa shape index (κ1) is 8.61. The quantitative estimate of drug-likeness (QED) is 0.742. The molecular formula is C9H14N4S. The van der Waals surface area contributed by atoms with Gasteiger partial charge in [0.15, 0.2) is 0 Å². The van der Waals surface area contributed by atoms with Crippen molar-refractivity contribution in [3.05, 3.63) is 5.51 Å². The highest BCUT2D eigenvalue weighted by Gasteiger charge is 2.41. The van der Waals surface area contributed by atoms with Crippen LogP contribution in [0.25, 0.3) is 0 Å². The van der Waals surface area contributed by atoms with Gasteiger partial charge in [-0.15, -0.1) is 10.2 Å². The number of rotatable bonds is 1. The predicted molar refractivity (Wildman–Crippen MR) is 56.3 cm³/mol. The van der Waals surface area contributed by atoms with Gasteiger partial charge in [-0.2, -0.15) is 0 Å². The second-order valence-electron chi connectivity index (χ2n) is 4.29. The van der Waals surface area contributed by atoms with Crippen molar-refractivity contribution in [2.24, 2.45) is 17.6 Å². The molecule has 1 aliphatic heterocycles. The largest absolute Gasteiger partial charge is 0.346 e. The van der Waals surface area contributed by atoms with Gasteiger partial charge in [-0.25, -0.2) is 0 Å². The minimum Gasteiger partial charge on any atom is -0.346 e. The van der Waals surface area contributed by atoms with Gasteiger partial charge in [-0.05, 0) is 24.7 Å². The Kier molecular flexibility index (Phi) is 1.95. The molecule has 0 aromatic carbocycles. The Labute approximate surface area is 87.1 Å². The first-order chi connectivity index (χ1) is 6.84. The molecule has 2 fully saturated rings. The van der Waals surface area contributed by atoms with Crippen molar-refractivity contribution in [2.45, 2.75) is 18.9 Å². The van der Waals surface area contributed by atoms with Crippen molar-refractivity contribution >= 4 is 16.5 Å². The summed E-state index contributed by atoms with van der Waals surface area (Å²) in [6, 6.07) is 0.415. The van der Waals surface area contributed by atoms with E-state index in [0.717, 1.165) is 24.1 Å². The summed E-state index contributed by atoms with van der Waals surface area (Å²) in [5.74, 6) is 1.49. The number of hydrogen-bond acceptors (Lipinski definition) is 5. The fourth-order valence-electron chi connectivity index (χ4n) is 2.77. The molecule has 1 aromatic rings. The Morgan fingerprint density at radius 1 is 1.43 bits per heavy atom. The van der Waals surface area contributed by atoms with Crippen molar-refractivity contribution in [2.75, 3.05) is 18.0 Å². The monoisotopic (exact) mass is 210 g/mol. The first-order valence-electron chi connectivity index (χ1n) is 5.11. The van der Waals surface area contributed by atoms with Gasteiger partial charge in [0.2, 0.25) is 5.13 Å². The highest BCUT2D eigenvalue weighted by molar-refractivity contribution is 7.13. The smallest absolute Gasteiger partial charge is 0.208 e. The van der Waals surface area contributed by atoms with E-state index < -0.39 is 0 Å². The second kappa shape index (κ2) is 3.17. The van der Waals surface area contributed by atoms with Gasteiger partial charge >= 0.3 is 0 Å². The van der Waals surface area contributed by atoms with E-state index in [1.54, 1.807) is 16.8 Å². The number of anilines is 1. The van der Waals surface area contributed by atoms with Crippen LogP contribution in [0, 0.1) is 11.8 Å². The third-order valence-electron chi connectivity index (χ3n) is 3.53. The van der Waals surface area contributed by atoms with Gasteiger partial charge in [0.05, 0.1) is 0 Å². The zero-order chi connectivity index (χ0) is 9.54. The SMILES string of the molecule is NC1CCC2CN(c3nncs3)CC12. The third kappa shape index (κ3) is 1.23. The molecule has 2 aliphatic rings. The molecule has 1 saturated heterocycles. The van der Waals surface area contributed by atoms with Crippen LogP contribution in [-0.2, 0) is 0 Å². The molecule has 3 unspecified atom stereocenters. The molecule has 14 heavy (non-hydrogen) atoms. The van der Waals surface area contributed by atoms with E-state index in [2.05, 4.69) is 15.1 Å². The second-order valence-corrected chi connectivity index (χ2v) is 5.10. The Morgan fingerprint density at radius 3 is 3.07 bits per heavy atom. The molecule has 3 atom stereocenters. The summed E-state index contributed by atoms with van der Waals surface area (Å²) in [5, 5.41) is 9.04. The van der Waals surface area contributed by atoms with Crippen LogP contribution in [0.5, 0.6) is 0 Å². The molecule has 0 amide bonds. The van der Waals surface area contributed by atoms with Crippen molar-refractivity contribution in [1.82, 2.24) is 10.2 Å². The van der Waals surface area contributed by atoms with Crippen molar-refractivity contribution < 1.29 is 0 Å². The molecule has 0 radical (unpaired) electrons. The number of aromatic nitrogens is 2. The molecule has 1 aromatic heterocycles. The summed E-state index contributed by atoms with van der Waals surface area (Å²) in [5.41, 5.74) is 7.87. The molecule has 0 bridgehead atoms. The van der Waals surface area contributed by atoms with E-state index in [-0.39, 0.29) is 0 Å². The van der Waals surface area contributed by atoms with Crippen molar-refractivity contribution in [3.63, 3.8) is 0 Å². The van der Waals surface area contributed by atoms with E-state index in [4.69, 9.17) is 5.73 Å². The Balaban J connectivity index is 1.77. The summed E-state index contributed by atoms with van der Waals surface area (Å²) >= 11 is 1.62. The van der Waals surface area contributed by atoms with Crippen LogP contribution in [0.3, 0.4) is 0 Å². The zero-order valence-electron chi connectivity index (χ0n) is 7.97. The molecule has 2 heterocycles. The summed E-state index contributed by atoms with van der Waals surface area (Å²) < 4.78 is 0. The standard InChI is InChI=1S/C9H14N4S/c10-8-2-1-6-3-13(4-7(6)8)9-12-11-5-14-9/h5-8H,1-4,10H2. The number of hydrogen-bond donors (Lipinski definition) is 1. The maximum absolute atomic E-state index is 6.08. The molecule has 2 N–H and O–H groups in total. The van der Waals surface area contributed by atoms with Crippen LogP contribution in [0.2, 0.25) is 0 Å². The molecule has 5 heteroatoms. The van der Waals surface area contributed by atoms with Gasteiger partial charge in [-0.3, -0.25) is 0 Å². The van der Waals surface area contributed by atoms with Gasteiger partial charge in [-0.1, -0.05) is 11.3 Å². The van der Waals surface area contributed by atoms with Crippen LogP contribution >= 0.6 is 11.3 Å². The van der Waals surface area contributed by atoms with Crippen LogP contribution in [0.4, 0.5) is 5.13 Å². The average Bonchev–Trinajstić information content (AvgIpc) is 2.83. The van der Waals surface area contributed by atoms with Crippen molar-refractivity contribution in [1.29, 1.82) is 0 Å². The minimum atomic E-state index is 0.415. The summed E-state index contributed by atoms with van der Waals surface area (Å²) in [6.45, 7) is 2.22. The Morgan fingerprint density at radius 2 is 2.36 bits per heavy atom. The lowest BCUT2D eigenvalue weighted by molar-refractivity contribution is 0.453. The van der Waals surface area contributed by atoms with E-state index in [1.165, 1.54) is 12.8 Å². The fourth-order valence-corrected chi connectivity index (χ4v) is 3.35. The number of fused-ring (bicyclic) bond motifs is 1. The molecule has 76 valence electrons. The van der Waals surface area contributed by atoms with Gasteiger partial charge < -0.3 is 10.6 Å². The Hall–Kier alpha value is -0.680. The van der Waals surface area contributed by atoms with Crippen LogP contribution in [0.15, 0.2) is 5.51 Å². The van der Waals surface area contributed by atoms with E-state index in [9.17, 15) is 0 Å². The highest BCUT2D eigenvalue weighted by atomic mass is 32.1. The van der Waals surface area contributed by atoms with E-state index in [0.29, 0.717) is 12.0 Å². The van der Waals surface area contributed by atoms with E-state index in [1.807, 2.05) is 0 Å². The fraction of sp³-hybridized carbons (Fsp3) is 0.778. The molecule has 1 aliphatic carbocycles. The highest BCUT2D eigenvalue weighted by Crippen LogP contribution is 2.39.